The van der Waals surface area contributed by atoms with Gasteiger partial charge in [-0.05, 0) is 35.6 Å². The summed E-state index contributed by atoms with van der Waals surface area (Å²) in [5.74, 6) is 0.714. The van der Waals surface area contributed by atoms with Crippen molar-refractivity contribution in [3.05, 3.63) is 28.3 Å². The first-order chi connectivity index (χ1) is 9.08. The Morgan fingerprint density at radius 2 is 2.00 bits per heavy atom. The van der Waals surface area contributed by atoms with E-state index in [-0.39, 0.29) is 5.92 Å². The van der Waals surface area contributed by atoms with Gasteiger partial charge >= 0.3 is 0 Å². The molecule has 2 N–H and O–H groups in total. The van der Waals surface area contributed by atoms with Gasteiger partial charge in [-0.2, -0.15) is 0 Å². The summed E-state index contributed by atoms with van der Waals surface area (Å²) in [5, 5.41) is 14.4. The fraction of sp³-hybridized carbons (Fsp3) is 0.600. The van der Waals surface area contributed by atoms with E-state index in [2.05, 4.69) is 24.1 Å². The fourth-order valence-corrected chi connectivity index (χ4v) is 2.77. The molecule has 106 valence electrons. The predicted octanol–water partition coefficient (Wildman–Crippen LogP) is 2.62. The number of phenolic OH excluding ortho intramolecular Hbond substituents is 1. The molecular weight excluding hydrogens is 260 g/mol. The first-order valence-electron chi connectivity index (χ1n) is 7.02. The highest BCUT2D eigenvalue weighted by molar-refractivity contribution is 6.30. The molecule has 19 heavy (non-hydrogen) atoms. The van der Waals surface area contributed by atoms with Gasteiger partial charge in [-0.3, -0.25) is 0 Å². The van der Waals surface area contributed by atoms with Crippen LogP contribution in [0.1, 0.15) is 30.9 Å². The van der Waals surface area contributed by atoms with E-state index in [0.29, 0.717) is 5.75 Å². The Morgan fingerprint density at radius 3 is 2.63 bits per heavy atom. The Labute approximate surface area is 120 Å². The molecule has 0 bridgehead atoms. The zero-order valence-electron chi connectivity index (χ0n) is 11.7. The van der Waals surface area contributed by atoms with Gasteiger partial charge in [0.05, 0.1) is 0 Å². The molecule has 0 radical (unpaired) electrons. The summed E-state index contributed by atoms with van der Waals surface area (Å²) < 4.78 is 0. The van der Waals surface area contributed by atoms with Crippen LogP contribution >= 0.6 is 11.6 Å². The second-order valence-electron chi connectivity index (χ2n) is 5.50. The monoisotopic (exact) mass is 282 g/mol. The van der Waals surface area contributed by atoms with Gasteiger partial charge < -0.3 is 15.3 Å². The molecule has 4 heteroatoms. The summed E-state index contributed by atoms with van der Waals surface area (Å²) >= 11 is 6.15. The Kier molecular flexibility index (Phi) is 5.08. The first-order valence-corrected chi connectivity index (χ1v) is 7.40. The molecule has 1 fully saturated rings. The summed E-state index contributed by atoms with van der Waals surface area (Å²) in [6, 6.07) is 3.76. The van der Waals surface area contributed by atoms with Gasteiger partial charge in [0, 0.05) is 37.7 Å². The van der Waals surface area contributed by atoms with Crippen LogP contribution < -0.4 is 5.32 Å². The molecule has 1 aromatic rings. The summed E-state index contributed by atoms with van der Waals surface area (Å²) in [6.45, 7) is 9.40. The lowest BCUT2D eigenvalue weighted by Crippen LogP contribution is -2.44. The van der Waals surface area contributed by atoms with E-state index in [1.807, 2.05) is 12.1 Å². The smallest absolute Gasteiger partial charge is 0.122 e. The number of hydrogen-bond acceptors (Lipinski definition) is 3. The van der Waals surface area contributed by atoms with E-state index in [0.717, 1.165) is 55.3 Å². The Bertz CT molecular complexity index is 428. The summed E-state index contributed by atoms with van der Waals surface area (Å²) in [6.07, 6.45) is 0.853. The molecule has 2 rings (SSSR count). The largest absolute Gasteiger partial charge is 0.507 e. The lowest BCUT2D eigenvalue weighted by Gasteiger charge is -2.27. The van der Waals surface area contributed by atoms with Crippen LogP contribution in [0.5, 0.6) is 5.75 Å². The van der Waals surface area contributed by atoms with Crippen LogP contribution in [0.15, 0.2) is 12.1 Å². The predicted molar refractivity (Wildman–Crippen MR) is 80.2 cm³/mol. The molecule has 3 nitrogen and oxygen atoms in total. The minimum atomic E-state index is 0.289. The second-order valence-corrected chi connectivity index (χ2v) is 5.94. The second kappa shape index (κ2) is 6.60. The molecule has 0 atom stereocenters. The molecule has 1 saturated heterocycles. The molecule has 1 heterocycles. The van der Waals surface area contributed by atoms with E-state index in [1.165, 1.54) is 0 Å². The van der Waals surface area contributed by atoms with Crippen molar-refractivity contribution in [1.29, 1.82) is 0 Å². The van der Waals surface area contributed by atoms with Gasteiger partial charge in [0.25, 0.3) is 0 Å². The standard InChI is InChI=1S/C15H23ClN2O/c1-11(2)14-10-13(16)9-12(15(14)19)3-6-18-7-4-17-5-8-18/h9-11,17,19H,3-8H2,1-2H3. The van der Waals surface area contributed by atoms with E-state index < -0.39 is 0 Å². The molecule has 0 amide bonds. The molecule has 1 aromatic carbocycles. The van der Waals surface area contributed by atoms with Crippen LogP contribution in [0.2, 0.25) is 5.02 Å². The van der Waals surface area contributed by atoms with Crippen LogP contribution in [0.3, 0.4) is 0 Å². The normalized spacial score (nSPS) is 17.1. The van der Waals surface area contributed by atoms with Gasteiger partial charge in [0.15, 0.2) is 0 Å². The topological polar surface area (TPSA) is 35.5 Å². The molecule has 0 aromatic heterocycles. The highest BCUT2D eigenvalue weighted by atomic mass is 35.5. The molecule has 1 aliphatic heterocycles. The Morgan fingerprint density at radius 1 is 1.32 bits per heavy atom. The number of piperazine rings is 1. The number of hydrogen-bond donors (Lipinski definition) is 2. The van der Waals surface area contributed by atoms with Gasteiger partial charge in [0.2, 0.25) is 0 Å². The quantitative estimate of drug-likeness (QED) is 0.891. The number of rotatable bonds is 4. The van der Waals surface area contributed by atoms with Crippen LogP contribution in [0.4, 0.5) is 0 Å². The van der Waals surface area contributed by atoms with Gasteiger partial charge in [-0.25, -0.2) is 0 Å². The number of nitrogens with one attached hydrogen (secondary N) is 1. The minimum Gasteiger partial charge on any atom is -0.507 e. The van der Waals surface area contributed by atoms with Gasteiger partial charge in [-0.15, -0.1) is 0 Å². The average molecular weight is 283 g/mol. The number of phenols is 1. The molecule has 0 spiro atoms. The zero-order chi connectivity index (χ0) is 13.8. The van der Waals surface area contributed by atoms with E-state index in [9.17, 15) is 5.11 Å². The molecule has 0 aliphatic carbocycles. The van der Waals surface area contributed by atoms with Crippen molar-refractivity contribution in [2.45, 2.75) is 26.2 Å². The van der Waals surface area contributed by atoms with Crippen molar-refractivity contribution < 1.29 is 5.11 Å². The summed E-state index contributed by atoms with van der Waals surface area (Å²) in [7, 11) is 0. The van der Waals surface area contributed by atoms with Crippen molar-refractivity contribution in [1.82, 2.24) is 10.2 Å². The maximum atomic E-state index is 10.3. The summed E-state index contributed by atoms with van der Waals surface area (Å²) in [5.41, 5.74) is 1.91. The zero-order valence-corrected chi connectivity index (χ0v) is 12.5. The SMILES string of the molecule is CC(C)c1cc(Cl)cc(CCN2CCNCC2)c1O. The number of aromatic hydroxyl groups is 1. The molecular formula is C15H23ClN2O. The van der Waals surface area contributed by atoms with Crippen LogP contribution in [-0.2, 0) is 6.42 Å². The molecule has 0 unspecified atom stereocenters. The summed E-state index contributed by atoms with van der Waals surface area (Å²) in [4.78, 5) is 2.42. The number of benzene rings is 1. The van der Waals surface area contributed by atoms with Crippen molar-refractivity contribution in [3.63, 3.8) is 0 Å². The average Bonchev–Trinajstić information content (AvgIpc) is 2.40. The molecule has 1 aliphatic rings. The van der Waals surface area contributed by atoms with Crippen molar-refractivity contribution in [2.24, 2.45) is 0 Å². The third kappa shape index (κ3) is 3.85. The van der Waals surface area contributed by atoms with Crippen molar-refractivity contribution >= 4 is 11.6 Å². The highest BCUT2D eigenvalue weighted by Crippen LogP contribution is 2.32. The fourth-order valence-electron chi connectivity index (χ4n) is 2.52. The highest BCUT2D eigenvalue weighted by Gasteiger charge is 2.14. The van der Waals surface area contributed by atoms with Crippen LogP contribution in [-0.4, -0.2) is 42.7 Å². The van der Waals surface area contributed by atoms with E-state index >= 15 is 0 Å². The Balaban J connectivity index is 2.06. The van der Waals surface area contributed by atoms with Crippen LogP contribution in [0, 0.1) is 0 Å². The lowest BCUT2D eigenvalue weighted by molar-refractivity contribution is 0.243. The van der Waals surface area contributed by atoms with Crippen molar-refractivity contribution in [3.8, 4) is 5.75 Å². The van der Waals surface area contributed by atoms with Crippen LogP contribution in [0.25, 0.3) is 0 Å². The van der Waals surface area contributed by atoms with Crippen molar-refractivity contribution in [2.75, 3.05) is 32.7 Å². The Hall–Kier alpha value is -0.770. The number of halogens is 1. The number of nitrogens with zero attached hydrogens (tertiary/aromatic N) is 1. The van der Waals surface area contributed by atoms with E-state index in [4.69, 9.17) is 11.6 Å². The van der Waals surface area contributed by atoms with Gasteiger partial charge in [0.1, 0.15) is 5.75 Å². The minimum absolute atomic E-state index is 0.289. The third-order valence-corrected chi connectivity index (χ3v) is 3.93. The maximum Gasteiger partial charge on any atom is 0.122 e. The first kappa shape index (κ1) is 14.6. The van der Waals surface area contributed by atoms with Gasteiger partial charge in [-0.1, -0.05) is 25.4 Å². The van der Waals surface area contributed by atoms with E-state index in [1.54, 1.807) is 0 Å². The maximum absolute atomic E-state index is 10.3. The third-order valence-electron chi connectivity index (χ3n) is 3.71. The molecule has 0 saturated carbocycles. The lowest BCUT2D eigenvalue weighted by atomic mass is 9.97.